The molecule has 1 aromatic carbocycles. The lowest BCUT2D eigenvalue weighted by molar-refractivity contribution is 0.524. The minimum Gasteiger partial charge on any atom is -0.375 e. The van der Waals surface area contributed by atoms with Crippen LogP contribution in [0.25, 0.3) is 0 Å². The molecule has 0 unspecified atom stereocenters. The lowest BCUT2D eigenvalue weighted by Gasteiger charge is -2.19. The molecule has 18 heavy (non-hydrogen) atoms. The number of nitrogens with zero attached hydrogens (tertiary/aromatic N) is 1. The molecule has 0 aliphatic heterocycles. The summed E-state index contributed by atoms with van der Waals surface area (Å²) in [5.74, 6) is 0.830. The second-order valence-corrected chi connectivity index (χ2v) is 5.40. The Hall–Kier alpha value is -1.02. The van der Waals surface area contributed by atoms with Crippen molar-refractivity contribution in [1.82, 2.24) is 5.32 Å². The molecule has 1 aromatic rings. The van der Waals surface area contributed by atoms with E-state index in [-0.39, 0.29) is 0 Å². The average Bonchev–Trinajstić information content (AvgIpc) is 2.38. The van der Waals surface area contributed by atoms with Crippen molar-refractivity contribution in [1.29, 1.82) is 0 Å². The molecule has 0 amide bonds. The zero-order valence-electron chi connectivity index (χ0n) is 12.2. The molecule has 1 rings (SSSR count). The van der Waals surface area contributed by atoms with Crippen LogP contribution < -0.4 is 10.2 Å². The van der Waals surface area contributed by atoms with Gasteiger partial charge in [0.15, 0.2) is 0 Å². The first kappa shape index (κ1) is 15.0. The van der Waals surface area contributed by atoms with Gasteiger partial charge in [0.1, 0.15) is 0 Å². The number of rotatable bonds is 9. The third-order valence-electron chi connectivity index (χ3n) is 3.18. The summed E-state index contributed by atoms with van der Waals surface area (Å²) in [5, 5.41) is 3.52. The van der Waals surface area contributed by atoms with Crippen molar-refractivity contribution in [2.75, 3.05) is 31.6 Å². The van der Waals surface area contributed by atoms with Gasteiger partial charge in [0.05, 0.1) is 0 Å². The summed E-state index contributed by atoms with van der Waals surface area (Å²) in [4.78, 5) is 2.32. The minimum atomic E-state index is 0.830. The van der Waals surface area contributed by atoms with E-state index >= 15 is 0 Å². The van der Waals surface area contributed by atoms with Gasteiger partial charge in [0.2, 0.25) is 0 Å². The van der Waals surface area contributed by atoms with E-state index in [0.29, 0.717) is 0 Å². The molecule has 0 saturated heterocycles. The van der Waals surface area contributed by atoms with Crippen LogP contribution in [0.4, 0.5) is 5.69 Å². The second kappa shape index (κ2) is 8.98. The number of para-hydroxylation sites is 1. The summed E-state index contributed by atoms with van der Waals surface area (Å²) >= 11 is 0. The summed E-state index contributed by atoms with van der Waals surface area (Å²) in [6, 6.07) is 10.6. The fourth-order valence-corrected chi connectivity index (χ4v) is 2.01. The maximum Gasteiger partial charge on any atom is 0.0363 e. The van der Waals surface area contributed by atoms with E-state index in [1.807, 2.05) is 0 Å². The van der Waals surface area contributed by atoms with Crippen LogP contribution in [-0.4, -0.2) is 26.7 Å². The minimum absolute atomic E-state index is 0.830. The van der Waals surface area contributed by atoms with Crippen molar-refractivity contribution in [3.05, 3.63) is 30.3 Å². The highest BCUT2D eigenvalue weighted by Crippen LogP contribution is 2.10. The lowest BCUT2D eigenvalue weighted by Crippen LogP contribution is -2.24. The van der Waals surface area contributed by atoms with E-state index in [9.17, 15) is 0 Å². The van der Waals surface area contributed by atoms with E-state index < -0.39 is 0 Å². The maximum absolute atomic E-state index is 3.52. The summed E-state index contributed by atoms with van der Waals surface area (Å²) in [6.07, 6.45) is 3.83. The summed E-state index contributed by atoms with van der Waals surface area (Å²) < 4.78 is 0. The SMILES string of the molecule is CC(C)CCCNCCCN(C)c1ccccc1. The molecule has 2 heteroatoms. The van der Waals surface area contributed by atoms with Crippen molar-refractivity contribution in [3.8, 4) is 0 Å². The Morgan fingerprint density at radius 3 is 2.39 bits per heavy atom. The maximum atomic E-state index is 3.52. The Morgan fingerprint density at radius 2 is 1.72 bits per heavy atom. The van der Waals surface area contributed by atoms with Crippen LogP contribution in [-0.2, 0) is 0 Å². The highest BCUT2D eigenvalue weighted by atomic mass is 15.1. The second-order valence-electron chi connectivity index (χ2n) is 5.40. The van der Waals surface area contributed by atoms with E-state index in [2.05, 4.69) is 61.4 Å². The Labute approximate surface area is 112 Å². The van der Waals surface area contributed by atoms with Gasteiger partial charge in [0, 0.05) is 19.3 Å². The number of anilines is 1. The van der Waals surface area contributed by atoms with Crippen molar-refractivity contribution >= 4 is 5.69 Å². The lowest BCUT2D eigenvalue weighted by atomic mass is 10.1. The number of hydrogen-bond donors (Lipinski definition) is 1. The monoisotopic (exact) mass is 248 g/mol. The first-order valence-corrected chi connectivity index (χ1v) is 7.17. The van der Waals surface area contributed by atoms with Gasteiger partial charge in [-0.25, -0.2) is 0 Å². The quantitative estimate of drug-likeness (QED) is 0.672. The van der Waals surface area contributed by atoms with Crippen LogP contribution in [0.5, 0.6) is 0 Å². The van der Waals surface area contributed by atoms with Gasteiger partial charge >= 0.3 is 0 Å². The summed E-state index contributed by atoms with van der Waals surface area (Å²) in [7, 11) is 2.16. The van der Waals surface area contributed by atoms with Gasteiger partial charge in [-0.1, -0.05) is 32.0 Å². The van der Waals surface area contributed by atoms with E-state index in [4.69, 9.17) is 0 Å². The van der Waals surface area contributed by atoms with E-state index in [1.54, 1.807) is 0 Å². The zero-order chi connectivity index (χ0) is 13.2. The van der Waals surface area contributed by atoms with Crippen LogP contribution in [0.15, 0.2) is 30.3 Å². The third-order valence-corrected chi connectivity index (χ3v) is 3.18. The predicted octanol–water partition coefficient (Wildman–Crippen LogP) is 3.54. The molecular weight excluding hydrogens is 220 g/mol. The van der Waals surface area contributed by atoms with Crippen molar-refractivity contribution < 1.29 is 0 Å². The Kier molecular flexibility index (Phi) is 7.51. The van der Waals surface area contributed by atoms with Crippen LogP contribution in [0.3, 0.4) is 0 Å². The highest BCUT2D eigenvalue weighted by Gasteiger charge is 1.99. The Bertz CT molecular complexity index is 295. The molecule has 0 fully saturated rings. The van der Waals surface area contributed by atoms with Crippen LogP contribution >= 0.6 is 0 Å². The Balaban J connectivity index is 2.01. The van der Waals surface area contributed by atoms with Crippen molar-refractivity contribution in [3.63, 3.8) is 0 Å². The average molecular weight is 248 g/mol. The normalized spacial score (nSPS) is 10.9. The molecule has 0 atom stereocenters. The molecule has 0 aromatic heterocycles. The van der Waals surface area contributed by atoms with E-state index in [0.717, 1.165) is 25.6 Å². The molecule has 0 spiro atoms. The van der Waals surface area contributed by atoms with Gasteiger partial charge in [-0.3, -0.25) is 0 Å². The predicted molar refractivity (Wildman–Crippen MR) is 81.3 cm³/mol. The molecule has 0 heterocycles. The molecule has 2 nitrogen and oxygen atoms in total. The molecule has 0 bridgehead atoms. The molecule has 0 saturated carbocycles. The summed E-state index contributed by atoms with van der Waals surface area (Å²) in [6.45, 7) is 7.97. The van der Waals surface area contributed by atoms with Crippen LogP contribution in [0, 0.1) is 5.92 Å². The standard InChI is InChI=1S/C16H28N2/c1-15(2)9-7-12-17-13-8-14-18(3)16-10-5-4-6-11-16/h4-6,10-11,15,17H,7-9,12-14H2,1-3H3. The zero-order valence-corrected chi connectivity index (χ0v) is 12.2. The molecule has 0 aliphatic rings. The smallest absolute Gasteiger partial charge is 0.0363 e. The topological polar surface area (TPSA) is 15.3 Å². The molecule has 0 aliphatic carbocycles. The van der Waals surface area contributed by atoms with Gasteiger partial charge in [-0.15, -0.1) is 0 Å². The van der Waals surface area contributed by atoms with Gasteiger partial charge in [-0.2, -0.15) is 0 Å². The first-order valence-electron chi connectivity index (χ1n) is 7.17. The number of nitrogens with one attached hydrogen (secondary N) is 1. The molecule has 1 N–H and O–H groups in total. The molecule has 102 valence electrons. The first-order chi connectivity index (χ1) is 8.70. The van der Waals surface area contributed by atoms with Gasteiger partial charge in [0.25, 0.3) is 0 Å². The molecular formula is C16H28N2. The van der Waals surface area contributed by atoms with Crippen LogP contribution in [0.1, 0.15) is 33.1 Å². The van der Waals surface area contributed by atoms with Crippen LogP contribution in [0.2, 0.25) is 0 Å². The van der Waals surface area contributed by atoms with Gasteiger partial charge < -0.3 is 10.2 Å². The molecule has 0 radical (unpaired) electrons. The van der Waals surface area contributed by atoms with Crippen molar-refractivity contribution in [2.24, 2.45) is 5.92 Å². The number of benzene rings is 1. The van der Waals surface area contributed by atoms with Gasteiger partial charge in [-0.05, 0) is 50.4 Å². The fourth-order valence-electron chi connectivity index (χ4n) is 2.01. The third kappa shape index (κ3) is 6.65. The van der Waals surface area contributed by atoms with E-state index in [1.165, 1.54) is 24.9 Å². The largest absolute Gasteiger partial charge is 0.375 e. The Morgan fingerprint density at radius 1 is 1.06 bits per heavy atom. The highest BCUT2D eigenvalue weighted by molar-refractivity contribution is 5.44. The fraction of sp³-hybridized carbons (Fsp3) is 0.625. The van der Waals surface area contributed by atoms with Crippen molar-refractivity contribution in [2.45, 2.75) is 33.1 Å². The summed E-state index contributed by atoms with van der Waals surface area (Å²) in [5.41, 5.74) is 1.30. The number of hydrogen-bond acceptors (Lipinski definition) is 2.